The third-order valence-corrected chi connectivity index (χ3v) is 5.81. The Hall–Kier alpha value is -2.32. The molecule has 0 unspecified atom stereocenters. The average Bonchev–Trinajstić information content (AvgIpc) is 2.72. The van der Waals surface area contributed by atoms with E-state index in [0.717, 1.165) is 14.5 Å². The van der Waals surface area contributed by atoms with E-state index in [4.69, 9.17) is 27.9 Å². The lowest BCUT2D eigenvalue weighted by molar-refractivity contribution is -0.111. The fourth-order valence-electron chi connectivity index (χ4n) is 2.82. The number of hydrogen-bond acceptors (Lipinski definition) is 3. The Morgan fingerprint density at radius 1 is 0.969 bits per heavy atom. The molecule has 3 aromatic rings. The van der Waals surface area contributed by atoms with Crippen molar-refractivity contribution in [3.63, 3.8) is 0 Å². The number of rotatable bonds is 6. The van der Waals surface area contributed by atoms with Gasteiger partial charge in [-0.25, -0.2) is 0 Å². The first-order valence-corrected chi connectivity index (χ1v) is 11.5. The highest BCUT2D eigenvalue weighted by Crippen LogP contribution is 2.33. The van der Waals surface area contributed by atoms with Crippen molar-refractivity contribution in [1.29, 1.82) is 0 Å². The fraction of sp³-hybridized carbons (Fsp3) is 0.0435. The van der Waals surface area contributed by atoms with E-state index in [1.165, 1.54) is 12.1 Å². The number of amides is 2. The second kappa shape index (κ2) is 11.0. The summed E-state index contributed by atoms with van der Waals surface area (Å²) in [5.74, 6) is -0.113. The predicted molar refractivity (Wildman–Crippen MR) is 137 cm³/mol. The Kier molecular flexibility index (Phi) is 8.37. The van der Waals surface area contributed by atoms with Crippen molar-refractivity contribution in [3.8, 4) is 5.75 Å². The molecule has 0 radical (unpaired) electrons. The molecule has 0 aliphatic rings. The molecule has 2 N–H and O–H groups in total. The summed E-state index contributed by atoms with van der Waals surface area (Å²) >= 11 is 18.8. The van der Waals surface area contributed by atoms with Crippen LogP contribution < -0.4 is 15.4 Å². The molecule has 164 valence electrons. The molecule has 0 aromatic heterocycles. The summed E-state index contributed by atoms with van der Waals surface area (Å²) in [5.41, 5.74) is 2.04. The average molecular weight is 599 g/mol. The quantitative estimate of drug-likeness (QED) is 0.290. The Balaban J connectivity index is 1.70. The van der Waals surface area contributed by atoms with Crippen LogP contribution in [0.5, 0.6) is 5.75 Å². The van der Waals surface area contributed by atoms with Crippen LogP contribution in [-0.4, -0.2) is 18.9 Å². The summed E-state index contributed by atoms with van der Waals surface area (Å²) in [7, 11) is 1.56. The van der Waals surface area contributed by atoms with Crippen LogP contribution in [0.2, 0.25) is 10.0 Å². The molecular weight excluding hydrogens is 583 g/mol. The van der Waals surface area contributed by atoms with Crippen molar-refractivity contribution in [2.24, 2.45) is 0 Å². The lowest BCUT2D eigenvalue weighted by Gasteiger charge is -2.10. The molecule has 9 heteroatoms. The van der Waals surface area contributed by atoms with Gasteiger partial charge in [-0.3, -0.25) is 9.59 Å². The Morgan fingerprint density at radius 3 is 2.38 bits per heavy atom. The zero-order valence-electron chi connectivity index (χ0n) is 16.6. The highest BCUT2D eigenvalue weighted by Gasteiger charge is 2.12. The van der Waals surface area contributed by atoms with Gasteiger partial charge in [0.15, 0.2) is 0 Å². The molecule has 5 nitrogen and oxygen atoms in total. The zero-order valence-corrected chi connectivity index (χ0v) is 21.3. The number of ether oxygens (including phenoxy) is 1. The number of halogens is 4. The second-order valence-corrected chi connectivity index (χ2v) is 9.11. The van der Waals surface area contributed by atoms with Gasteiger partial charge in [0.1, 0.15) is 5.75 Å². The van der Waals surface area contributed by atoms with Crippen LogP contribution in [0, 0.1) is 0 Å². The number of hydrogen-bond donors (Lipinski definition) is 2. The maximum atomic E-state index is 12.5. The number of nitrogens with one attached hydrogen (secondary N) is 2. The smallest absolute Gasteiger partial charge is 0.257 e. The van der Waals surface area contributed by atoms with E-state index in [1.807, 2.05) is 12.1 Å². The minimum absolute atomic E-state index is 0.249. The van der Waals surface area contributed by atoms with Gasteiger partial charge in [0.05, 0.1) is 22.2 Å². The lowest BCUT2D eigenvalue weighted by atomic mass is 10.2. The SMILES string of the molecule is COc1c(Br)cc(Br)cc1/C=C/C(=O)Nc1cccc(NC(=O)c2ccc(Cl)cc2Cl)c1. The third-order valence-electron chi connectivity index (χ3n) is 4.22. The first-order valence-electron chi connectivity index (χ1n) is 9.15. The van der Waals surface area contributed by atoms with Crippen molar-refractivity contribution in [2.75, 3.05) is 17.7 Å². The first kappa shape index (κ1) is 24.3. The molecule has 0 saturated heterocycles. The van der Waals surface area contributed by atoms with Gasteiger partial charge in [0, 0.05) is 32.5 Å². The van der Waals surface area contributed by atoms with Crippen LogP contribution in [0.4, 0.5) is 11.4 Å². The summed E-state index contributed by atoms with van der Waals surface area (Å²) in [5, 5.41) is 6.21. The summed E-state index contributed by atoms with van der Waals surface area (Å²) in [6.07, 6.45) is 3.05. The number of carbonyl (C=O) groups is 2. The van der Waals surface area contributed by atoms with Gasteiger partial charge in [0.25, 0.3) is 5.91 Å². The monoisotopic (exact) mass is 596 g/mol. The molecule has 0 spiro atoms. The molecule has 0 aliphatic carbocycles. The third kappa shape index (κ3) is 6.36. The number of methoxy groups -OCH3 is 1. The topological polar surface area (TPSA) is 67.4 Å². The van der Waals surface area contributed by atoms with Crippen molar-refractivity contribution in [1.82, 2.24) is 0 Å². The van der Waals surface area contributed by atoms with Crippen LogP contribution in [-0.2, 0) is 4.79 Å². The lowest BCUT2D eigenvalue weighted by Crippen LogP contribution is -2.13. The summed E-state index contributed by atoms with van der Waals surface area (Å²) in [6.45, 7) is 0. The second-order valence-electron chi connectivity index (χ2n) is 6.49. The Labute approximate surface area is 212 Å². The van der Waals surface area contributed by atoms with E-state index in [9.17, 15) is 9.59 Å². The molecule has 0 heterocycles. The molecule has 3 rings (SSSR count). The van der Waals surface area contributed by atoms with Gasteiger partial charge in [-0.2, -0.15) is 0 Å². The minimum Gasteiger partial charge on any atom is -0.495 e. The fourth-order valence-corrected chi connectivity index (χ4v) is 4.73. The summed E-state index contributed by atoms with van der Waals surface area (Å²) in [6, 6.07) is 15.1. The van der Waals surface area contributed by atoms with E-state index in [2.05, 4.69) is 42.5 Å². The van der Waals surface area contributed by atoms with E-state index in [0.29, 0.717) is 27.7 Å². The first-order chi connectivity index (χ1) is 15.3. The van der Waals surface area contributed by atoms with Crippen LogP contribution in [0.15, 0.2) is 69.6 Å². The van der Waals surface area contributed by atoms with Crippen molar-refractivity contribution < 1.29 is 14.3 Å². The molecule has 3 aromatic carbocycles. The summed E-state index contributed by atoms with van der Waals surface area (Å²) < 4.78 is 6.98. The van der Waals surface area contributed by atoms with Crippen LogP contribution in [0.25, 0.3) is 6.08 Å². The maximum absolute atomic E-state index is 12.5. The van der Waals surface area contributed by atoms with Gasteiger partial charge in [-0.15, -0.1) is 0 Å². The molecule has 0 atom stereocenters. The Bertz CT molecular complexity index is 1220. The standard InChI is InChI=1S/C23H16Br2Cl2N2O3/c1-32-22-13(9-14(24)10-19(22)25)5-8-21(30)28-16-3-2-4-17(12-16)29-23(31)18-7-6-15(26)11-20(18)27/h2-12H,1H3,(H,28,30)(H,29,31)/b8-5+. The van der Waals surface area contributed by atoms with Gasteiger partial charge in [-0.05, 0) is 70.5 Å². The molecule has 0 aliphatic heterocycles. The van der Waals surface area contributed by atoms with E-state index >= 15 is 0 Å². The molecule has 0 saturated carbocycles. The molecule has 32 heavy (non-hydrogen) atoms. The van der Waals surface area contributed by atoms with Gasteiger partial charge < -0.3 is 15.4 Å². The predicted octanol–water partition coefficient (Wildman–Crippen LogP) is 7.43. The van der Waals surface area contributed by atoms with Gasteiger partial charge in [-0.1, -0.05) is 45.2 Å². The number of carbonyl (C=O) groups excluding carboxylic acids is 2. The zero-order chi connectivity index (χ0) is 23.3. The van der Waals surface area contributed by atoms with Crippen LogP contribution >= 0.6 is 55.1 Å². The van der Waals surface area contributed by atoms with Crippen LogP contribution in [0.3, 0.4) is 0 Å². The number of anilines is 2. The highest BCUT2D eigenvalue weighted by atomic mass is 79.9. The van der Waals surface area contributed by atoms with Gasteiger partial charge >= 0.3 is 0 Å². The number of benzene rings is 3. The summed E-state index contributed by atoms with van der Waals surface area (Å²) in [4.78, 5) is 24.9. The van der Waals surface area contributed by atoms with Crippen molar-refractivity contribution in [2.45, 2.75) is 0 Å². The van der Waals surface area contributed by atoms with Crippen LogP contribution in [0.1, 0.15) is 15.9 Å². The van der Waals surface area contributed by atoms with E-state index < -0.39 is 0 Å². The normalized spacial score (nSPS) is 10.8. The van der Waals surface area contributed by atoms with Crippen molar-refractivity contribution in [3.05, 3.63) is 90.8 Å². The van der Waals surface area contributed by atoms with Crippen molar-refractivity contribution >= 4 is 84.3 Å². The molecule has 0 bridgehead atoms. The molecule has 0 fully saturated rings. The van der Waals surface area contributed by atoms with E-state index in [1.54, 1.807) is 49.6 Å². The maximum Gasteiger partial charge on any atom is 0.257 e. The van der Waals surface area contributed by atoms with E-state index in [-0.39, 0.29) is 16.8 Å². The largest absolute Gasteiger partial charge is 0.495 e. The highest BCUT2D eigenvalue weighted by molar-refractivity contribution is 9.11. The molecule has 2 amide bonds. The van der Waals surface area contributed by atoms with Gasteiger partial charge in [0.2, 0.25) is 5.91 Å². The minimum atomic E-state index is -0.387. The molecular formula is C23H16Br2Cl2N2O3. The Morgan fingerprint density at radius 2 is 1.69 bits per heavy atom.